The third-order valence-corrected chi connectivity index (χ3v) is 3.12. The lowest BCUT2D eigenvalue weighted by molar-refractivity contribution is 0.0659. The van der Waals surface area contributed by atoms with E-state index >= 15 is 0 Å². The molecule has 15 heavy (non-hydrogen) atoms. The maximum atomic E-state index is 5.35. The van der Waals surface area contributed by atoms with Crippen LogP contribution in [0.25, 0.3) is 0 Å². The lowest BCUT2D eigenvalue weighted by Gasteiger charge is -2.20. The van der Waals surface area contributed by atoms with Gasteiger partial charge in [-0.05, 0) is 12.3 Å². The number of ether oxygens (including phenoxy) is 1. The van der Waals surface area contributed by atoms with E-state index in [2.05, 4.69) is 22.4 Å². The Balaban J connectivity index is 1.72. The van der Waals surface area contributed by atoms with Gasteiger partial charge < -0.3 is 14.6 Å². The molecule has 2 heterocycles. The monoisotopic (exact) mass is 209 g/mol. The summed E-state index contributed by atoms with van der Waals surface area (Å²) in [7, 11) is 0. The first-order chi connectivity index (χ1) is 7.34. The highest BCUT2D eigenvalue weighted by Crippen LogP contribution is 2.45. The predicted molar refractivity (Wildman–Crippen MR) is 52.4 cm³/mol. The third kappa shape index (κ3) is 1.77. The highest BCUT2D eigenvalue weighted by Gasteiger charge is 2.38. The van der Waals surface area contributed by atoms with Gasteiger partial charge in [0.25, 0.3) is 0 Å². The van der Waals surface area contributed by atoms with Crippen LogP contribution in [0.3, 0.4) is 0 Å². The summed E-state index contributed by atoms with van der Waals surface area (Å²) in [6, 6.07) is 0.0778. The van der Waals surface area contributed by atoms with E-state index in [4.69, 9.17) is 9.26 Å². The lowest BCUT2D eigenvalue weighted by Crippen LogP contribution is -2.34. The molecule has 0 aromatic carbocycles. The molecule has 1 aromatic heterocycles. The summed E-state index contributed by atoms with van der Waals surface area (Å²) in [5.41, 5.74) is 0. The molecule has 1 aliphatic carbocycles. The second-order valence-electron chi connectivity index (χ2n) is 4.39. The van der Waals surface area contributed by atoms with Crippen LogP contribution in [0, 0.1) is 5.92 Å². The Morgan fingerprint density at radius 1 is 1.47 bits per heavy atom. The van der Waals surface area contributed by atoms with Crippen LogP contribution in [0.2, 0.25) is 0 Å². The molecule has 5 nitrogen and oxygen atoms in total. The Labute approximate surface area is 88.2 Å². The fourth-order valence-corrected chi connectivity index (χ4v) is 1.95. The number of morpholine rings is 1. The molecule has 0 spiro atoms. The number of hydrogen-bond acceptors (Lipinski definition) is 5. The van der Waals surface area contributed by atoms with E-state index in [0.29, 0.717) is 24.3 Å². The summed E-state index contributed by atoms with van der Waals surface area (Å²) >= 11 is 0. The molecule has 2 fully saturated rings. The zero-order valence-corrected chi connectivity index (χ0v) is 8.77. The van der Waals surface area contributed by atoms with Crippen molar-refractivity contribution in [3.05, 3.63) is 11.7 Å². The second kappa shape index (κ2) is 3.57. The van der Waals surface area contributed by atoms with Crippen molar-refractivity contribution in [2.45, 2.75) is 25.3 Å². The fourth-order valence-electron chi connectivity index (χ4n) is 1.95. The zero-order valence-electron chi connectivity index (χ0n) is 8.77. The standard InChI is InChI=1S/C10H15N3O2/c1-6-4-7(6)9-12-10(15-13-9)8-5-14-3-2-11-8/h6-8,11H,2-5H2,1H3. The van der Waals surface area contributed by atoms with Gasteiger partial charge in [0.05, 0.1) is 13.2 Å². The molecule has 0 radical (unpaired) electrons. The van der Waals surface area contributed by atoms with Crippen molar-refractivity contribution >= 4 is 0 Å². The van der Waals surface area contributed by atoms with E-state index in [0.717, 1.165) is 19.0 Å². The van der Waals surface area contributed by atoms with E-state index in [1.807, 2.05) is 0 Å². The molecule has 0 amide bonds. The van der Waals surface area contributed by atoms with Gasteiger partial charge in [-0.2, -0.15) is 4.98 Å². The minimum absolute atomic E-state index is 0.0778. The number of hydrogen-bond donors (Lipinski definition) is 1. The number of aromatic nitrogens is 2. The van der Waals surface area contributed by atoms with E-state index < -0.39 is 0 Å². The quantitative estimate of drug-likeness (QED) is 0.782. The van der Waals surface area contributed by atoms with Gasteiger partial charge in [0, 0.05) is 12.5 Å². The van der Waals surface area contributed by atoms with Crippen LogP contribution in [-0.4, -0.2) is 29.9 Å². The molecular weight excluding hydrogens is 194 g/mol. The highest BCUT2D eigenvalue weighted by atomic mass is 16.5. The molecule has 1 aromatic rings. The number of nitrogens with one attached hydrogen (secondary N) is 1. The van der Waals surface area contributed by atoms with Crippen molar-refractivity contribution in [3.8, 4) is 0 Å². The lowest BCUT2D eigenvalue weighted by atomic mass is 10.3. The molecule has 5 heteroatoms. The molecule has 1 saturated carbocycles. The van der Waals surface area contributed by atoms with Gasteiger partial charge in [-0.3, -0.25) is 0 Å². The molecular formula is C10H15N3O2. The highest BCUT2D eigenvalue weighted by molar-refractivity contribution is 5.08. The summed E-state index contributed by atoms with van der Waals surface area (Å²) < 4.78 is 10.6. The summed E-state index contributed by atoms with van der Waals surface area (Å²) in [4.78, 5) is 4.43. The van der Waals surface area contributed by atoms with Crippen LogP contribution in [0.5, 0.6) is 0 Å². The molecule has 3 atom stereocenters. The SMILES string of the molecule is CC1CC1c1noc(C2COCCN2)n1. The largest absolute Gasteiger partial charge is 0.378 e. The predicted octanol–water partition coefficient (Wildman–Crippen LogP) is 0.854. The van der Waals surface area contributed by atoms with E-state index in [9.17, 15) is 0 Å². The van der Waals surface area contributed by atoms with Gasteiger partial charge in [0.2, 0.25) is 5.89 Å². The van der Waals surface area contributed by atoms with Gasteiger partial charge in [0.1, 0.15) is 6.04 Å². The molecule has 2 aliphatic rings. The van der Waals surface area contributed by atoms with Gasteiger partial charge in [-0.25, -0.2) is 0 Å². The topological polar surface area (TPSA) is 60.2 Å². The Morgan fingerprint density at radius 2 is 2.33 bits per heavy atom. The van der Waals surface area contributed by atoms with Crippen molar-refractivity contribution in [3.63, 3.8) is 0 Å². The van der Waals surface area contributed by atoms with Crippen LogP contribution in [0.1, 0.15) is 37.0 Å². The first-order valence-corrected chi connectivity index (χ1v) is 5.49. The molecule has 3 unspecified atom stereocenters. The number of nitrogens with zero attached hydrogens (tertiary/aromatic N) is 2. The summed E-state index contributed by atoms with van der Waals surface area (Å²) in [5.74, 6) is 2.77. The van der Waals surface area contributed by atoms with Crippen molar-refractivity contribution in [1.29, 1.82) is 0 Å². The van der Waals surface area contributed by atoms with Gasteiger partial charge >= 0.3 is 0 Å². The molecule has 0 bridgehead atoms. The third-order valence-electron chi connectivity index (χ3n) is 3.12. The van der Waals surface area contributed by atoms with Gasteiger partial charge in [-0.15, -0.1) is 0 Å². The zero-order chi connectivity index (χ0) is 10.3. The second-order valence-corrected chi connectivity index (χ2v) is 4.39. The van der Waals surface area contributed by atoms with Crippen LogP contribution in [0.15, 0.2) is 4.52 Å². The minimum atomic E-state index is 0.0778. The fraction of sp³-hybridized carbons (Fsp3) is 0.800. The molecule has 1 aliphatic heterocycles. The van der Waals surface area contributed by atoms with Gasteiger partial charge in [0.15, 0.2) is 5.82 Å². The van der Waals surface area contributed by atoms with Crippen molar-refractivity contribution in [2.24, 2.45) is 5.92 Å². The average molecular weight is 209 g/mol. The minimum Gasteiger partial charge on any atom is -0.378 e. The van der Waals surface area contributed by atoms with Crippen LogP contribution >= 0.6 is 0 Å². The Hall–Kier alpha value is -0.940. The Kier molecular flexibility index (Phi) is 2.21. The maximum absolute atomic E-state index is 5.35. The normalized spacial score (nSPS) is 35.4. The van der Waals surface area contributed by atoms with E-state index in [1.54, 1.807) is 0 Å². The maximum Gasteiger partial charge on any atom is 0.246 e. The molecule has 1 N–H and O–H groups in total. The van der Waals surface area contributed by atoms with Crippen molar-refractivity contribution < 1.29 is 9.26 Å². The smallest absolute Gasteiger partial charge is 0.246 e. The van der Waals surface area contributed by atoms with Gasteiger partial charge in [-0.1, -0.05) is 12.1 Å². The Bertz CT molecular complexity index is 346. The van der Waals surface area contributed by atoms with Crippen LogP contribution in [0.4, 0.5) is 0 Å². The van der Waals surface area contributed by atoms with Crippen molar-refractivity contribution in [2.75, 3.05) is 19.8 Å². The average Bonchev–Trinajstić information content (AvgIpc) is 2.83. The molecule has 3 rings (SSSR count). The Morgan fingerprint density at radius 3 is 3.00 bits per heavy atom. The summed E-state index contributed by atoms with van der Waals surface area (Å²) in [6.45, 7) is 4.45. The summed E-state index contributed by atoms with van der Waals surface area (Å²) in [6.07, 6.45) is 1.19. The van der Waals surface area contributed by atoms with Crippen LogP contribution in [-0.2, 0) is 4.74 Å². The summed E-state index contributed by atoms with van der Waals surface area (Å²) in [5, 5.41) is 7.32. The number of rotatable bonds is 2. The first kappa shape index (κ1) is 9.30. The molecule has 82 valence electrons. The van der Waals surface area contributed by atoms with Crippen molar-refractivity contribution in [1.82, 2.24) is 15.5 Å². The van der Waals surface area contributed by atoms with Crippen LogP contribution < -0.4 is 5.32 Å². The van der Waals surface area contributed by atoms with E-state index in [1.165, 1.54) is 6.42 Å². The van der Waals surface area contributed by atoms with E-state index in [-0.39, 0.29) is 6.04 Å². The molecule has 1 saturated heterocycles. The first-order valence-electron chi connectivity index (χ1n) is 5.49.